The van der Waals surface area contributed by atoms with E-state index in [1.165, 1.54) is 0 Å². The highest BCUT2D eigenvalue weighted by Gasteiger charge is 2.34. The van der Waals surface area contributed by atoms with E-state index in [-0.39, 0.29) is 29.6 Å². The van der Waals surface area contributed by atoms with E-state index in [9.17, 15) is 4.79 Å². The summed E-state index contributed by atoms with van der Waals surface area (Å²) < 4.78 is 19.5. The zero-order valence-electron chi connectivity index (χ0n) is 19.9. The van der Waals surface area contributed by atoms with E-state index >= 15 is 0 Å². The molecule has 34 heavy (non-hydrogen) atoms. The first-order chi connectivity index (χ1) is 16.2. The molecule has 0 bridgehead atoms. The van der Waals surface area contributed by atoms with Crippen LogP contribution in [0.2, 0.25) is 5.15 Å². The summed E-state index contributed by atoms with van der Waals surface area (Å²) >= 11 is 5.92. The number of ether oxygens (including phenoxy) is 3. The van der Waals surface area contributed by atoms with Crippen LogP contribution in [-0.4, -0.2) is 74.6 Å². The number of anilines is 1. The summed E-state index contributed by atoms with van der Waals surface area (Å²) in [6.07, 6.45) is 7.48. The molecule has 186 valence electrons. The lowest BCUT2D eigenvalue weighted by Crippen LogP contribution is -2.46. The number of carbonyl (C=O) groups is 1. The van der Waals surface area contributed by atoms with Crippen molar-refractivity contribution >= 4 is 23.5 Å². The van der Waals surface area contributed by atoms with Crippen molar-refractivity contribution in [3.63, 3.8) is 0 Å². The van der Waals surface area contributed by atoms with E-state index in [4.69, 9.17) is 31.5 Å². The zero-order chi connectivity index (χ0) is 24.3. The van der Waals surface area contributed by atoms with Crippen LogP contribution >= 0.6 is 11.6 Å². The van der Waals surface area contributed by atoms with E-state index in [1.807, 2.05) is 31.6 Å². The summed E-state index contributed by atoms with van der Waals surface area (Å²) in [7, 11) is 0. The number of amides is 1. The van der Waals surface area contributed by atoms with Crippen LogP contribution in [0.3, 0.4) is 0 Å². The number of carbonyl (C=O) groups excluding carboxylic acids is 1. The molecule has 11 heteroatoms. The van der Waals surface area contributed by atoms with Gasteiger partial charge in [0.15, 0.2) is 11.0 Å². The lowest BCUT2D eigenvalue weighted by Gasteiger charge is -2.40. The highest BCUT2D eigenvalue weighted by molar-refractivity contribution is 6.29. The van der Waals surface area contributed by atoms with E-state index in [2.05, 4.69) is 15.3 Å². The van der Waals surface area contributed by atoms with Gasteiger partial charge in [0.25, 0.3) is 0 Å². The third-order valence-corrected chi connectivity index (χ3v) is 6.13. The number of likely N-dealkylation sites (tertiary alicyclic amines) is 1. The summed E-state index contributed by atoms with van der Waals surface area (Å²) in [5.41, 5.74) is 6.97. The molecule has 2 N–H and O–H groups in total. The minimum Gasteiger partial charge on any atom is -0.444 e. The number of nitrogens with two attached hydrogens (primary N) is 1. The first kappa shape index (κ1) is 24.7. The quantitative estimate of drug-likeness (QED) is 0.623. The van der Waals surface area contributed by atoms with Crippen molar-refractivity contribution < 1.29 is 19.0 Å². The number of rotatable bonds is 7. The molecule has 0 spiro atoms. The van der Waals surface area contributed by atoms with Crippen molar-refractivity contribution in [2.75, 3.05) is 25.4 Å². The molecular formula is C23H33ClN6O4. The number of hydrogen-bond donors (Lipinski definition) is 1. The molecule has 1 aliphatic carbocycles. The largest absolute Gasteiger partial charge is 0.444 e. The summed E-state index contributed by atoms with van der Waals surface area (Å²) in [6.45, 7) is 8.20. The first-order valence-electron chi connectivity index (χ1n) is 11.7. The Bertz CT molecular complexity index is 980. The van der Waals surface area contributed by atoms with Crippen LogP contribution in [0.25, 0.3) is 11.1 Å². The predicted molar refractivity (Wildman–Crippen MR) is 127 cm³/mol. The summed E-state index contributed by atoms with van der Waals surface area (Å²) in [5, 5.41) is 12.2. The second kappa shape index (κ2) is 10.5. The van der Waals surface area contributed by atoms with Crippen molar-refractivity contribution in [1.82, 2.24) is 24.9 Å². The molecule has 2 aromatic rings. The Morgan fingerprint density at radius 3 is 2.62 bits per heavy atom. The Kier molecular flexibility index (Phi) is 7.59. The minimum absolute atomic E-state index is 0.191. The number of nitrogens with zero attached hydrogens (tertiary/aromatic N) is 5. The Morgan fingerprint density at radius 1 is 1.18 bits per heavy atom. The molecule has 1 aliphatic heterocycles. The third kappa shape index (κ3) is 6.58. The van der Waals surface area contributed by atoms with Crippen LogP contribution in [0.15, 0.2) is 18.5 Å². The topological polar surface area (TPSA) is 118 Å². The smallest absolute Gasteiger partial charge is 0.410 e. The van der Waals surface area contributed by atoms with Crippen molar-refractivity contribution in [3.8, 4) is 11.1 Å². The van der Waals surface area contributed by atoms with Crippen LogP contribution in [0.4, 0.5) is 10.6 Å². The third-order valence-electron chi connectivity index (χ3n) is 5.94. The molecule has 4 rings (SSSR count). The molecular weight excluding hydrogens is 460 g/mol. The average Bonchev–Trinajstić information content (AvgIpc) is 3.21. The minimum atomic E-state index is -0.468. The molecule has 0 aromatic carbocycles. The van der Waals surface area contributed by atoms with Gasteiger partial charge in [0.2, 0.25) is 0 Å². The van der Waals surface area contributed by atoms with Gasteiger partial charge in [0.05, 0.1) is 37.7 Å². The fourth-order valence-corrected chi connectivity index (χ4v) is 4.23. The molecule has 10 nitrogen and oxygen atoms in total. The fraction of sp³-hybridized carbons (Fsp3) is 0.652. The van der Waals surface area contributed by atoms with Gasteiger partial charge in [-0.2, -0.15) is 5.10 Å². The molecule has 2 aromatic heterocycles. The van der Waals surface area contributed by atoms with Crippen molar-refractivity contribution in [3.05, 3.63) is 23.6 Å². The van der Waals surface area contributed by atoms with E-state index in [0.717, 1.165) is 31.2 Å². The van der Waals surface area contributed by atoms with Crippen LogP contribution in [0.1, 0.15) is 46.5 Å². The van der Waals surface area contributed by atoms with Gasteiger partial charge in [0, 0.05) is 30.4 Å². The Balaban J connectivity index is 1.11. The number of piperidine rings is 1. The average molecular weight is 493 g/mol. The van der Waals surface area contributed by atoms with Gasteiger partial charge >= 0.3 is 6.09 Å². The summed E-state index contributed by atoms with van der Waals surface area (Å²) in [4.78, 5) is 14.0. The van der Waals surface area contributed by atoms with E-state index in [1.54, 1.807) is 17.2 Å². The van der Waals surface area contributed by atoms with Gasteiger partial charge < -0.3 is 24.8 Å². The van der Waals surface area contributed by atoms with Gasteiger partial charge in [-0.3, -0.25) is 4.68 Å². The molecule has 0 unspecified atom stereocenters. The monoisotopic (exact) mass is 492 g/mol. The molecule has 1 saturated heterocycles. The summed E-state index contributed by atoms with van der Waals surface area (Å²) in [5.74, 6) is 0.316. The Hall–Kier alpha value is -2.43. The van der Waals surface area contributed by atoms with Gasteiger partial charge in [-0.05, 0) is 52.5 Å². The maximum Gasteiger partial charge on any atom is 0.410 e. The van der Waals surface area contributed by atoms with Gasteiger partial charge in [-0.25, -0.2) is 4.79 Å². The number of halogens is 1. The van der Waals surface area contributed by atoms with Crippen molar-refractivity contribution in [2.45, 2.75) is 76.9 Å². The maximum atomic E-state index is 12.2. The SMILES string of the molecule is CC(C)(C)OC(=O)N1CCC(O[C@H]2C[C@H](OCCn3cc(-c4cc(Cl)nnc4N)cn3)C2)CC1. The first-order valence-corrected chi connectivity index (χ1v) is 12.1. The highest BCUT2D eigenvalue weighted by Crippen LogP contribution is 2.30. The van der Waals surface area contributed by atoms with Gasteiger partial charge in [-0.15, -0.1) is 10.2 Å². The van der Waals surface area contributed by atoms with Gasteiger partial charge in [0.1, 0.15) is 5.60 Å². The molecule has 1 amide bonds. The van der Waals surface area contributed by atoms with E-state index < -0.39 is 5.60 Å². The highest BCUT2D eigenvalue weighted by atomic mass is 35.5. The molecule has 2 fully saturated rings. The predicted octanol–water partition coefficient (Wildman–Crippen LogP) is 3.54. The van der Waals surface area contributed by atoms with Crippen LogP contribution < -0.4 is 5.73 Å². The Morgan fingerprint density at radius 2 is 1.91 bits per heavy atom. The van der Waals surface area contributed by atoms with Crippen LogP contribution in [0.5, 0.6) is 0 Å². The molecule has 0 atom stereocenters. The number of hydrogen-bond acceptors (Lipinski definition) is 8. The zero-order valence-corrected chi connectivity index (χ0v) is 20.7. The number of nitrogen functional groups attached to an aromatic ring is 1. The normalized spacial score (nSPS) is 21.4. The second-order valence-corrected chi connectivity index (χ2v) is 10.2. The fourth-order valence-electron chi connectivity index (χ4n) is 4.08. The number of aromatic nitrogens is 4. The lowest BCUT2D eigenvalue weighted by atomic mass is 9.91. The van der Waals surface area contributed by atoms with Gasteiger partial charge in [-0.1, -0.05) is 11.6 Å². The van der Waals surface area contributed by atoms with Crippen molar-refractivity contribution in [1.29, 1.82) is 0 Å². The molecule has 3 heterocycles. The lowest BCUT2D eigenvalue weighted by molar-refractivity contribution is -0.135. The summed E-state index contributed by atoms with van der Waals surface area (Å²) in [6, 6.07) is 1.68. The van der Waals surface area contributed by atoms with Crippen molar-refractivity contribution in [2.24, 2.45) is 0 Å². The van der Waals surface area contributed by atoms with Crippen LogP contribution in [-0.2, 0) is 20.8 Å². The standard InChI is InChI=1S/C23H33ClN6O4/c1-23(2,3)34-22(31)29-6-4-16(5-7-29)33-18-10-17(11-18)32-9-8-30-14-15(13-26-30)19-12-20(24)27-28-21(19)25/h12-14,16-18H,4-11H2,1-3H3,(H2,25,28)/t17-,18-. The van der Waals surface area contributed by atoms with Crippen LogP contribution in [0, 0.1) is 0 Å². The second-order valence-electron chi connectivity index (χ2n) is 9.85. The molecule has 0 radical (unpaired) electrons. The Labute approximate surface area is 204 Å². The maximum absolute atomic E-state index is 12.2. The molecule has 1 saturated carbocycles. The van der Waals surface area contributed by atoms with E-state index in [0.29, 0.717) is 37.6 Å². The molecule has 2 aliphatic rings.